The Kier molecular flexibility index (Phi) is 6.40. The van der Waals surface area contributed by atoms with E-state index in [-0.39, 0.29) is 18.4 Å². The molecule has 0 spiro atoms. The average Bonchev–Trinajstić information content (AvgIpc) is 3.38. The lowest BCUT2D eigenvalue weighted by atomic mass is 9.95. The molecule has 1 aromatic heterocycles. The van der Waals surface area contributed by atoms with E-state index >= 15 is 4.39 Å². The Morgan fingerprint density at radius 1 is 1.06 bits per heavy atom. The van der Waals surface area contributed by atoms with E-state index in [2.05, 4.69) is 20.1 Å². The van der Waals surface area contributed by atoms with E-state index in [0.29, 0.717) is 17.9 Å². The van der Waals surface area contributed by atoms with Crippen molar-refractivity contribution in [2.24, 2.45) is 0 Å². The second kappa shape index (κ2) is 9.46. The number of hydrogen-bond acceptors (Lipinski definition) is 5. The molecule has 5 rings (SSSR count). The summed E-state index contributed by atoms with van der Waals surface area (Å²) in [7, 11) is -3.60. The van der Waals surface area contributed by atoms with Crippen LogP contribution in [0.1, 0.15) is 60.7 Å². The number of rotatable bonds is 5. The lowest BCUT2D eigenvalue weighted by Crippen LogP contribution is -2.44. The van der Waals surface area contributed by atoms with Crippen molar-refractivity contribution in [3.63, 3.8) is 0 Å². The molecule has 2 aromatic carbocycles. The lowest BCUT2D eigenvalue weighted by molar-refractivity contribution is 0.279. The maximum atomic E-state index is 15.2. The number of aromatic nitrogens is 3. The maximum absolute atomic E-state index is 15.2. The van der Waals surface area contributed by atoms with Gasteiger partial charge >= 0.3 is 0 Å². The van der Waals surface area contributed by atoms with Crippen molar-refractivity contribution < 1.29 is 12.8 Å². The van der Waals surface area contributed by atoms with Crippen LogP contribution in [0.4, 0.5) is 10.1 Å². The summed E-state index contributed by atoms with van der Waals surface area (Å²) >= 11 is 0. The van der Waals surface area contributed by atoms with Gasteiger partial charge in [0.05, 0.1) is 0 Å². The van der Waals surface area contributed by atoms with Crippen LogP contribution >= 0.6 is 0 Å². The molecular weight excluding hydrogens is 453 g/mol. The quantitative estimate of drug-likeness (QED) is 0.582. The first-order chi connectivity index (χ1) is 16.4. The molecule has 0 saturated carbocycles. The van der Waals surface area contributed by atoms with Crippen LogP contribution in [0.3, 0.4) is 0 Å². The van der Waals surface area contributed by atoms with Crippen molar-refractivity contribution in [3.05, 3.63) is 77.6 Å². The highest BCUT2D eigenvalue weighted by atomic mass is 32.2. The number of halogens is 1. The molecule has 2 fully saturated rings. The van der Waals surface area contributed by atoms with E-state index in [1.165, 1.54) is 10.6 Å². The highest BCUT2D eigenvalue weighted by Crippen LogP contribution is 2.38. The fourth-order valence-corrected chi connectivity index (χ4v) is 7.39. The summed E-state index contributed by atoms with van der Waals surface area (Å²) in [6.45, 7) is 3.57. The molecule has 7 nitrogen and oxygen atoms in total. The van der Waals surface area contributed by atoms with E-state index in [4.69, 9.17) is 0 Å². The van der Waals surface area contributed by atoms with Gasteiger partial charge in [-0.1, -0.05) is 36.4 Å². The van der Waals surface area contributed by atoms with Gasteiger partial charge in [0.25, 0.3) is 0 Å². The SMILES string of the molecule is C[C@H]1CCC(c2ccccc2)S(=O)(=O)N1Cc1ccc(N2CCC(c3ncn[nH]3)CC2)cc1F. The number of nitrogens with one attached hydrogen (secondary N) is 1. The van der Waals surface area contributed by atoms with Gasteiger partial charge in [-0.3, -0.25) is 5.10 Å². The molecule has 2 aliphatic rings. The Morgan fingerprint density at radius 3 is 2.50 bits per heavy atom. The van der Waals surface area contributed by atoms with Gasteiger partial charge in [-0.05, 0) is 50.3 Å². The third kappa shape index (κ3) is 4.46. The van der Waals surface area contributed by atoms with E-state index in [9.17, 15) is 8.42 Å². The second-order valence-electron chi connectivity index (χ2n) is 9.32. The molecule has 1 N–H and O–H groups in total. The van der Waals surface area contributed by atoms with Crippen LogP contribution in [-0.2, 0) is 16.6 Å². The third-order valence-corrected chi connectivity index (χ3v) is 9.61. The minimum Gasteiger partial charge on any atom is -0.371 e. The number of piperidine rings is 1. The fourth-order valence-electron chi connectivity index (χ4n) is 5.20. The van der Waals surface area contributed by atoms with E-state index in [1.54, 1.807) is 12.1 Å². The van der Waals surface area contributed by atoms with Crippen LogP contribution < -0.4 is 4.90 Å². The average molecular weight is 484 g/mol. The second-order valence-corrected chi connectivity index (χ2v) is 11.4. The zero-order valence-electron chi connectivity index (χ0n) is 19.3. The molecule has 0 radical (unpaired) electrons. The van der Waals surface area contributed by atoms with E-state index < -0.39 is 15.3 Å². The summed E-state index contributed by atoms with van der Waals surface area (Å²) in [5, 5.41) is 6.30. The Morgan fingerprint density at radius 2 is 1.82 bits per heavy atom. The van der Waals surface area contributed by atoms with Crippen LogP contribution in [0.5, 0.6) is 0 Å². The minimum absolute atomic E-state index is 0.0481. The highest BCUT2D eigenvalue weighted by Gasteiger charge is 2.40. The maximum Gasteiger partial charge on any atom is 0.221 e. The van der Waals surface area contributed by atoms with Crippen LogP contribution in [0.15, 0.2) is 54.9 Å². The normalized spacial score (nSPS) is 23.8. The Labute approximate surface area is 200 Å². The molecule has 0 amide bonds. The summed E-state index contributed by atoms with van der Waals surface area (Å²) in [6, 6.07) is 14.3. The molecule has 3 aromatic rings. The van der Waals surface area contributed by atoms with Gasteiger partial charge in [0.1, 0.15) is 23.2 Å². The molecule has 0 bridgehead atoms. The first kappa shape index (κ1) is 23.0. The van der Waals surface area contributed by atoms with Gasteiger partial charge in [0.2, 0.25) is 10.0 Å². The van der Waals surface area contributed by atoms with Gasteiger partial charge in [-0.2, -0.15) is 9.40 Å². The van der Waals surface area contributed by atoms with Gasteiger partial charge in [-0.15, -0.1) is 0 Å². The van der Waals surface area contributed by atoms with Crippen molar-refractivity contribution in [1.82, 2.24) is 19.5 Å². The summed E-state index contributed by atoms with van der Waals surface area (Å²) < 4.78 is 43.6. The number of benzene rings is 2. The summed E-state index contributed by atoms with van der Waals surface area (Å²) in [5.74, 6) is 0.886. The molecule has 9 heteroatoms. The van der Waals surface area contributed by atoms with E-state index in [0.717, 1.165) is 49.4 Å². The van der Waals surface area contributed by atoms with Crippen molar-refractivity contribution in [2.75, 3.05) is 18.0 Å². The summed E-state index contributed by atoms with van der Waals surface area (Å²) in [6.07, 6.45) is 4.70. The lowest BCUT2D eigenvalue weighted by Gasteiger charge is -2.37. The highest BCUT2D eigenvalue weighted by molar-refractivity contribution is 7.89. The number of anilines is 1. The minimum atomic E-state index is -3.60. The largest absolute Gasteiger partial charge is 0.371 e. The third-order valence-electron chi connectivity index (χ3n) is 7.24. The molecule has 2 saturated heterocycles. The van der Waals surface area contributed by atoms with Gasteiger partial charge in [0.15, 0.2) is 0 Å². The predicted molar refractivity (Wildman–Crippen MR) is 129 cm³/mol. The van der Waals surface area contributed by atoms with E-state index in [1.807, 2.05) is 43.3 Å². The van der Waals surface area contributed by atoms with Crippen molar-refractivity contribution in [2.45, 2.75) is 56.4 Å². The molecule has 1 unspecified atom stereocenters. The fraction of sp³-hybridized carbons (Fsp3) is 0.440. The molecule has 3 heterocycles. The Bertz CT molecular complexity index is 1210. The first-order valence-electron chi connectivity index (χ1n) is 11.9. The molecule has 0 aliphatic carbocycles. The zero-order chi connectivity index (χ0) is 23.7. The smallest absolute Gasteiger partial charge is 0.221 e. The number of sulfonamides is 1. The van der Waals surface area contributed by atoms with Crippen LogP contribution in [0.2, 0.25) is 0 Å². The van der Waals surface area contributed by atoms with Crippen molar-refractivity contribution in [1.29, 1.82) is 0 Å². The van der Waals surface area contributed by atoms with Gasteiger partial charge < -0.3 is 4.90 Å². The summed E-state index contributed by atoms with van der Waals surface area (Å²) in [5.41, 5.74) is 2.03. The monoisotopic (exact) mass is 483 g/mol. The van der Waals surface area contributed by atoms with Gasteiger partial charge in [-0.25, -0.2) is 17.8 Å². The molecule has 180 valence electrons. The van der Waals surface area contributed by atoms with Crippen LogP contribution in [0, 0.1) is 5.82 Å². The van der Waals surface area contributed by atoms with Crippen LogP contribution in [-0.4, -0.2) is 47.0 Å². The molecular formula is C25H30FN5O2S. The Balaban J connectivity index is 1.30. The Hall–Kier alpha value is -2.78. The topological polar surface area (TPSA) is 82.2 Å². The number of nitrogens with zero attached hydrogens (tertiary/aromatic N) is 4. The number of hydrogen-bond donors (Lipinski definition) is 1. The van der Waals surface area contributed by atoms with Crippen LogP contribution in [0.25, 0.3) is 0 Å². The number of H-pyrrole nitrogens is 1. The van der Waals surface area contributed by atoms with Crippen molar-refractivity contribution in [3.8, 4) is 0 Å². The summed E-state index contributed by atoms with van der Waals surface area (Å²) in [4.78, 5) is 6.43. The first-order valence-corrected chi connectivity index (χ1v) is 13.4. The van der Waals surface area contributed by atoms with Gasteiger partial charge in [0, 0.05) is 42.8 Å². The number of aromatic amines is 1. The molecule has 2 aliphatic heterocycles. The molecule has 2 atom stereocenters. The predicted octanol–water partition coefficient (Wildman–Crippen LogP) is 4.38. The zero-order valence-corrected chi connectivity index (χ0v) is 20.1. The standard InChI is InChI=1S/C25H30FN5O2S/c1-18-7-10-24(19-5-3-2-4-6-19)34(32,33)31(18)16-21-8-9-22(15-23(21)26)30-13-11-20(12-14-30)25-27-17-28-29-25/h2-6,8-9,15,17-18,20,24H,7,10-14,16H2,1H3,(H,27,28,29)/t18-,24?/m0/s1. The van der Waals surface area contributed by atoms with Crippen molar-refractivity contribution >= 4 is 15.7 Å². The molecule has 34 heavy (non-hydrogen) atoms.